The molecule has 170 valence electrons. The highest BCUT2D eigenvalue weighted by atomic mass is 35.5. The van der Waals surface area contributed by atoms with Crippen molar-refractivity contribution >= 4 is 28.2 Å². The lowest BCUT2D eigenvalue weighted by molar-refractivity contribution is -0.126. The fraction of sp³-hybridized carbons (Fsp3) is 0.435. The molecule has 1 amide bonds. The first kappa shape index (κ1) is 25.2. The van der Waals surface area contributed by atoms with Gasteiger partial charge in [-0.05, 0) is 68.1 Å². The van der Waals surface area contributed by atoms with Gasteiger partial charge in [-0.1, -0.05) is 18.2 Å². The second-order valence-electron chi connectivity index (χ2n) is 7.88. The first-order chi connectivity index (χ1) is 14.3. The Morgan fingerprint density at radius 3 is 2.19 bits per heavy atom. The van der Waals surface area contributed by atoms with Crippen molar-refractivity contribution in [2.45, 2.75) is 43.2 Å². The van der Waals surface area contributed by atoms with Crippen LogP contribution in [0.15, 0.2) is 47.4 Å². The summed E-state index contributed by atoms with van der Waals surface area (Å²) in [5.41, 5.74) is 2.73. The van der Waals surface area contributed by atoms with Crippen LogP contribution >= 0.6 is 12.4 Å². The summed E-state index contributed by atoms with van der Waals surface area (Å²) in [5.74, 6) is 0.868. The molecule has 0 aromatic heterocycles. The number of carbonyl (C=O) groups is 1. The molecule has 0 bridgehead atoms. The Bertz CT molecular complexity index is 985. The molecule has 2 aromatic rings. The van der Waals surface area contributed by atoms with Crippen LogP contribution in [0.2, 0.25) is 0 Å². The summed E-state index contributed by atoms with van der Waals surface area (Å²) >= 11 is 0. The minimum Gasteiger partial charge on any atom is -0.496 e. The van der Waals surface area contributed by atoms with Crippen LogP contribution in [0, 0.1) is 5.92 Å². The maximum absolute atomic E-state index is 12.6. The van der Waals surface area contributed by atoms with Crippen LogP contribution in [0.25, 0.3) is 11.1 Å². The van der Waals surface area contributed by atoms with E-state index in [4.69, 9.17) is 4.74 Å². The van der Waals surface area contributed by atoms with Crippen molar-refractivity contribution in [2.75, 3.05) is 20.4 Å². The van der Waals surface area contributed by atoms with E-state index in [0.717, 1.165) is 42.4 Å². The van der Waals surface area contributed by atoms with Gasteiger partial charge in [0.25, 0.3) is 0 Å². The van der Waals surface area contributed by atoms with Crippen molar-refractivity contribution in [1.29, 1.82) is 0 Å². The SMILES string of the molecule is CNC1CCC(C(=O)NCc2cc(-c3ccc(S(C)(=O)=O)cc3)ccc2OC)CC1.Cl. The molecule has 0 spiro atoms. The molecule has 0 heterocycles. The molecule has 1 fully saturated rings. The smallest absolute Gasteiger partial charge is 0.223 e. The lowest BCUT2D eigenvalue weighted by Gasteiger charge is -2.27. The number of amides is 1. The van der Waals surface area contributed by atoms with Crippen LogP contribution in [-0.2, 0) is 21.2 Å². The van der Waals surface area contributed by atoms with Crippen LogP contribution in [0.3, 0.4) is 0 Å². The van der Waals surface area contributed by atoms with E-state index in [1.807, 2.05) is 25.2 Å². The second-order valence-corrected chi connectivity index (χ2v) is 9.89. The summed E-state index contributed by atoms with van der Waals surface area (Å²) in [5, 5.41) is 6.35. The molecular formula is C23H31ClN2O4S. The third-order valence-corrected chi connectivity index (χ3v) is 6.98. The largest absolute Gasteiger partial charge is 0.496 e. The molecule has 31 heavy (non-hydrogen) atoms. The van der Waals surface area contributed by atoms with E-state index in [1.165, 1.54) is 6.26 Å². The molecule has 3 rings (SSSR count). The van der Waals surface area contributed by atoms with Gasteiger partial charge >= 0.3 is 0 Å². The van der Waals surface area contributed by atoms with Crippen molar-refractivity contribution in [3.05, 3.63) is 48.0 Å². The summed E-state index contributed by atoms with van der Waals surface area (Å²) in [6.07, 6.45) is 5.05. The summed E-state index contributed by atoms with van der Waals surface area (Å²) in [6.45, 7) is 0.392. The number of methoxy groups -OCH3 is 1. The lowest BCUT2D eigenvalue weighted by atomic mass is 9.85. The highest BCUT2D eigenvalue weighted by Crippen LogP contribution is 2.28. The predicted molar refractivity (Wildman–Crippen MR) is 125 cm³/mol. The average molecular weight is 467 g/mol. The van der Waals surface area contributed by atoms with Crippen molar-refractivity contribution in [3.8, 4) is 16.9 Å². The summed E-state index contributed by atoms with van der Waals surface area (Å²) in [7, 11) is 0.356. The summed E-state index contributed by atoms with van der Waals surface area (Å²) in [6, 6.07) is 13.1. The molecule has 8 heteroatoms. The van der Waals surface area contributed by atoms with E-state index in [0.29, 0.717) is 23.2 Å². The van der Waals surface area contributed by atoms with Gasteiger partial charge < -0.3 is 15.4 Å². The first-order valence-electron chi connectivity index (χ1n) is 10.2. The molecule has 0 radical (unpaired) electrons. The number of hydrogen-bond acceptors (Lipinski definition) is 5. The Kier molecular flexibility index (Phi) is 8.91. The Labute approximate surface area is 191 Å². The predicted octanol–water partition coefficient (Wildman–Crippen LogP) is 3.58. The Balaban J connectivity index is 0.00000341. The number of benzene rings is 2. The summed E-state index contributed by atoms with van der Waals surface area (Å²) in [4.78, 5) is 12.9. The van der Waals surface area contributed by atoms with Crippen molar-refractivity contribution in [3.63, 3.8) is 0 Å². The number of nitrogens with one attached hydrogen (secondary N) is 2. The molecule has 1 aliphatic rings. The Morgan fingerprint density at radius 1 is 1.03 bits per heavy atom. The Morgan fingerprint density at radius 2 is 1.65 bits per heavy atom. The molecular weight excluding hydrogens is 436 g/mol. The van der Waals surface area contributed by atoms with Crippen LogP contribution < -0.4 is 15.4 Å². The molecule has 2 N–H and O–H groups in total. The number of ether oxygens (including phenoxy) is 1. The minimum atomic E-state index is -3.23. The van der Waals surface area contributed by atoms with Gasteiger partial charge in [-0.3, -0.25) is 4.79 Å². The third-order valence-electron chi connectivity index (χ3n) is 5.86. The molecule has 0 atom stereocenters. The van der Waals surface area contributed by atoms with Gasteiger partial charge in [0, 0.05) is 30.3 Å². The van der Waals surface area contributed by atoms with E-state index in [1.54, 1.807) is 31.4 Å². The zero-order valence-corrected chi connectivity index (χ0v) is 19.8. The highest BCUT2D eigenvalue weighted by Gasteiger charge is 2.25. The van der Waals surface area contributed by atoms with Gasteiger partial charge in [-0.25, -0.2) is 8.42 Å². The van der Waals surface area contributed by atoms with Gasteiger partial charge in [0.1, 0.15) is 5.75 Å². The number of hydrogen-bond donors (Lipinski definition) is 2. The molecule has 0 aliphatic heterocycles. The van der Waals surface area contributed by atoms with E-state index in [2.05, 4.69) is 10.6 Å². The van der Waals surface area contributed by atoms with Crippen LogP contribution in [0.1, 0.15) is 31.2 Å². The van der Waals surface area contributed by atoms with Crippen LogP contribution in [-0.4, -0.2) is 40.8 Å². The molecule has 0 saturated heterocycles. The number of sulfone groups is 1. The van der Waals surface area contributed by atoms with Gasteiger partial charge in [0.05, 0.1) is 12.0 Å². The fourth-order valence-electron chi connectivity index (χ4n) is 3.96. The van der Waals surface area contributed by atoms with E-state index >= 15 is 0 Å². The maximum atomic E-state index is 12.6. The number of carbonyl (C=O) groups excluding carboxylic acids is 1. The van der Waals surface area contributed by atoms with Gasteiger partial charge in [0.2, 0.25) is 5.91 Å². The monoisotopic (exact) mass is 466 g/mol. The van der Waals surface area contributed by atoms with Crippen molar-refractivity contribution in [2.24, 2.45) is 5.92 Å². The van der Waals surface area contributed by atoms with Crippen LogP contribution in [0.4, 0.5) is 0 Å². The minimum absolute atomic E-state index is 0. The van der Waals surface area contributed by atoms with Crippen molar-refractivity contribution in [1.82, 2.24) is 10.6 Å². The Hall–Kier alpha value is -2.09. The maximum Gasteiger partial charge on any atom is 0.223 e. The summed E-state index contributed by atoms with van der Waals surface area (Å²) < 4.78 is 28.8. The molecule has 1 saturated carbocycles. The van der Waals surface area contributed by atoms with E-state index in [9.17, 15) is 13.2 Å². The molecule has 6 nitrogen and oxygen atoms in total. The van der Waals surface area contributed by atoms with Crippen LogP contribution in [0.5, 0.6) is 5.75 Å². The number of rotatable bonds is 7. The van der Waals surface area contributed by atoms with Gasteiger partial charge in [-0.2, -0.15) is 0 Å². The zero-order valence-electron chi connectivity index (χ0n) is 18.2. The average Bonchev–Trinajstić information content (AvgIpc) is 2.76. The number of halogens is 1. The first-order valence-corrected chi connectivity index (χ1v) is 12.1. The highest BCUT2D eigenvalue weighted by molar-refractivity contribution is 7.90. The lowest BCUT2D eigenvalue weighted by Crippen LogP contribution is -2.37. The van der Waals surface area contributed by atoms with E-state index in [-0.39, 0.29) is 24.2 Å². The van der Waals surface area contributed by atoms with Gasteiger partial charge in [-0.15, -0.1) is 12.4 Å². The van der Waals surface area contributed by atoms with E-state index < -0.39 is 9.84 Å². The topological polar surface area (TPSA) is 84.5 Å². The fourth-order valence-corrected chi connectivity index (χ4v) is 4.59. The molecule has 0 unspecified atom stereocenters. The molecule has 1 aliphatic carbocycles. The quantitative estimate of drug-likeness (QED) is 0.651. The van der Waals surface area contributed by atoms with Gasteiger partial charge in [0.15, 0.2) is 9.84 Å². The third kappa shape index (κ3) is 6.45. The molecule has 2 aromatic carbocycles. The van der Waals surface area contributed by atoms with Crippen molar-refractivity contribution < 1.29 is 17.9 Å². The second kappa shape index (κ2) is 11.0. The standard InChI is InChI=1S/C23H30N2O4S.ClH/c1-24-20-9-4-17(5-10-20)23(26)25-15-19-14-18(8-13-22(19)29-2)16-6-11-21(12-7-16)30(3,27)28;/h6-8,11-14,17,20,24H,4-5,9-10,15H2,1-3H3,(H,25,26);1H. The normalized spacial score (nSPS) is 18.7. The zero-order chi connectivity index (χ0) is 21.7.